The summed E-state index contributed by atoms with van der Waals surface area (Å²) < 4.78 is 17.7. The van der Waals surface area contributed by atoms with E-state index in [1.807, 2.05) is 0 Å². The number of halogens is 1. The van der Waals surface area contributed by atoms with E-state index >= 15 is 0 Å². The zero-order valence-corrected chi connectivity index (χ0v) is 14.3. The predicted octanol–water partition coefficient (Wildman–Crippen LogP) is 1.89. The second kappa shape index (κ2) is 9.15. The van der Waals surface area contributed by atoms with Crippen LogP contribution in [0.4, 0.5) is 4.39 Å². The highest BCUT2D eigenvalue weighted by atomic mass is 19.1. The Morgan fingerprint density at radius 1 is 1.16 bits per heavy atom. The fourth-order valence-electron chi connectivity index (χ4n) is 2.74. The van der Waals surface area contributed by atoms with Gasteiger partial charge in [-0.2, -0.15) is 0 Å². The van der Waals surface area contributed by atoms with Crippen LogP contribution in [-0.2, 0) is 14.3 Å². The molecule has 136 valence electrons. The Morgan fingerprint density at radius 3 is 2.40 bits per heavy atom. The van der Waals surface area contributed by atoms with Crippen molar-refractivity contribution in [3.8, 4) is 0 Å². The number of rotatable bonds is 6. The van der Waals surface area contributed by atoms with Gasteiger partial charge >= 0.3 is 5.97 Å². The molecule has 1 saturated heterocycles. The van der Waals surface area contributed by atoms with Gasteiger partial charge < -0.3 is 15.0 Å². The van der Waals surface area contributed by atoms with Gasteiger partial charge in [0.25, 0.3) is 5.91 Å². The quantitative estimate of drug-likeness (QED) is 0.795. The number of benzene rings is 1. The highest BCUT2D eigenvalue weighted by Crippen LogP contribution is 2.13. The van der Waals surface area contributed by atoms with Gasteiger partial charge in [-0.15, -0.1) is 0 Å². The molecule has 1 fully saturated rings. The first-order valence-electron chi connectivity index (χ1n) is 8.49. The fourth-order valence-corrected chi connectivity index (χ4v) is 2.74. The lowest BCUT2D eigenvalue weighted by atomic mass is 10.0. The Kier molecular flexibility index (Phi) is 6.91. The molecule has 1 aliphatic heterocycles. The van der Waals surface area contributed by atoms with Crippen LogP contribution in [0.2, 0.25) is 0 Å². The van der Waals surface area contributed by atoms with E-state index in [0.29, 0.717) is 38.1 Å². The Hall–Kier alpha value is -2.44. The van der Waals surface area contributed by atoms with Crippen molar-refractivity contribution in [3.05, 3.63) is 35.6 Å². The molecule has 2 amide bonds. The molecule has 0 saturated carbocycles. The van der Waals surface area contributed by atoms with Gasteiger partial charge in [0.05, 0.1) is 13.0 Å². The maximum Gasteiger partial charge on any atom is 0.306 e. The van der Waals surface area contributed by atoms with E-state index in [9.17, 15) is 18.8 Å². The zero-order valence-electron chi connectivity index (χ0n) is 14.3. The highest BCUT2D eigenvalue weighted by molar-refractivity contribution is 5.94. The van der Waals surface area contributed by atoms with Crippen LogP contribution in [0.15, 0.2) is 24.3 Å². The third-order valence-corrected chi connectivity index (χ3v) is 4.14. The van der Waals surface area contributed by atoms with Gasteiger partial charge in [0.15, 0.2) is 0 Å². The second-order valence-electron chi connectivity index (χ2n) is 5.94. The van der Waals surface area contributed by atoms with Gasteiger partial charge in [-0.3, -0.25) is 14.4 Å². The van der Waals surface area contributed by atoms with Crippen LogP contribution in [-0.4, -0.2) is 48.4 Å². The van der Waals surface area contributed by atoms with Crippen LogP contribution in [0.1, 0.15) is 43.0 Å². The number of carbonyl (C=O) groups is 3. The number of nitrogens with zero attached hydrogens (tertiary/aromatic N) is 1. The molecule has 1 N–H and O–H groups in total. The molecular weight excluding hydrogens is 327 g/mol. The summed E-state index contributed by atoms with van der Waals surface area (Å²) in [7, 11) is 0. The Morgan fingerprint density at radius 2 is 1.80 bits per heavy atom. The summed E-state index contributed by atoms with van der Waals surface area (Å²) in [5.74, 6) is -1.06. The van der Waals surface area contributed by atoms with Crippen LogP contribution >= 0.6 is 0 Å². The summed E-state index contributed by atoms with van der Waals surface area (Å²) in [6.07, 6.45) is 1.54. The molecule has 1 aromatic rings. The standard InChI is InChI=1S/C18H23FN2O4/c1-2-25-17(23)8-7-16(22)21-11-9-15(10-12-21)20-18(24)13-3-5-14(19)6-4-13/h3-6,15H,2,7-12H2,1H3,(H,20,24). The largest absolute Gasteiger partial charge is 0.466 e. The topological polar surface area (TPSA) is 75.7 Å². The molecule has 1 aliphatic rings. The number of likely N-dealkylation sites (tertiary alicyclic amines) is 1. The van der Waals surface area contributed by atoms with Crippen molar-refractivity contribution >= 4 is 17.8 Å². The number of esters is 1. The van der Waals surface area contributed by atoms with Crippen molar-refractivity contribution in [2.75, 3.05) is 19.7 Å². The fraction of sp³-hybridized carbons (Fsp3) is 0.500. The molecule has 7 heteroatoms. The average Bonchev–Trinajstić information content (AvgIpc) is 2.61. The van der Waals surface area contributed by atoms with Crippen LogP contribution in [0.3, 0.4) is 0 Å². The molecular formula is C18H23FN2O4. The lowest BCUT2D eigenvalue weighted by Gasteiger charge is -2.32. The molecule has 1 heterocycles. The molecule has 6 nitrogen and oxygen atoms in total. The molecule has 1 aromatic carbocycles. The molecule has 2 rings (SSSR count). The van der Waals surface area contributed by atoms with E-state index < -0.39 is 0 Å². The van der Waals surface area contributed by atoms with Crippen LogP contribution in [0, 0.1) is 5.82 Å². The van der Waals surface area contributed by atoms with Gasteiger partial charge in [0.2, 0.25) is 5.91 Å². The van der Waals surface area contributed by atoms with Gasteiger partial charge in [-0.05, 0) is 44.0 Å². The normalized spacial score (nSPS) is 14.9. The second-order valence-corrected chi connectivity index (χ2v) is 5.94. The number of nitrogens with one attached hydrogen (secondary N) is 1. The zero-order chi connectivity index (χ0) is 18.2. The van der Waals surface area contributed by atoms with Gasteiger partial charge in [0.1, 0.15) is 5.82 Å². The number of piperidine rings is 1. The summed E-state index contributed by atoms with van der Waals surface area (Å²) >= 11 is 0. The number of amides is 2. The molecule has 0 unspecified atom stereocenters. The number of hydrogen-bond acceptors (Lipinski definition) is 4. The molecule has 0 aliphatic carbocycles. The first-order chi connectivity index (χ1) is 12.0. The summed E-state index contributed by atoms with van der Waals surface area (Å²) in [6, 6.07) is 5.36. The van der Waals surface area contributed by atoms with Crippen molar-refractivity contribution in [1.82, 2.24) is 10.2 Å². The van der Waals surface area contributed by atoms with Crippen molar-refractivity contribution < 1.29 is 23.5 Å². The summed E-state index contributed by atoms with van der Waals surface area (Å²) in [5, 5.41) is 2.91. The first kappa shape index (κ1) is 18.9. The van der Waals surface area contributed by atoms with Crippen LogP contribution in [0.5, 0.6) is 0 Å². The van der Waals surface area contributed by atoms with E-state index in [0.717, 1.165) is 0 Å². The van der Waals surface area contributed by atoms with Gasteiger partial charge in [-0.25, -0.2) is 4.39 Å². The van der Waals surface area contributed by atoms with Gasteiger partial charge in [-0.1, -0.05) is 0 Å². The maximum absolute atomic E-state index is 12.9. The molecule has 0 aromatic heterocycles. The van der Waals surface area contributed by atoms with Crippen molar-refractivity contribution in [1.29, 1.82) is 0 Å². The minimum atomic E-state index is -0.383. The Bertz CT molecular complexity index is 610. The molecule has 0 atom stereocenters. The van der Waals surface area contributed by atoms with Crippen LogP contribution < -0.4 is 5.32 Å². The van der Waals surface area contributed by atoms with E-state index in [1.165, 1.54) is 24.3 Å². The van der Waals surface area contributed by atoms with E-state index in [1.54, 1.807) is 11.8 Å². The predicted molar refractivity (Wildman–Crippen MR) is 89.3 cm³/mol. The minimum Gasteiger partial charge on any atom is -0.466 e. The molecule has 25 heavy (non-hydrogen) atoms. The summed E-state index contributed by atoms with van der Waals surface area (Å²) in [4.78, 5) is 37.2. The monoisotopic (exact) mass is 350 g/mol. The molecule has 0 bridgehead atoms. The van der Waals surface area contributed by atoms with Crippen molar-refractivity contribution in [3.63, 3.8) is 0 Å². The maximum atomic E-state index is 12.9. The van der Waals surface area contributed by atoms with E-state index in [2.05, 4.69) is 5.32 Å². The smallest absolute Gasteiger partial charge is 0.306 e. The highest BCUT2D eigenvalue weighted by Gasteiger charge is 2.24. The third kappa shape index (κ3) is 5.85. The van der Waals surface area contributed by atoms with Crippen molar-refractivity contribution in [2.24, 2.45) is 0 Å². The molecule has 0 radical (unpaired) electrons. The van der Waals surface area contributed by atoms with Crippen molar-refractivity contribution in [2.45, 2.75) is 38.6 Å². The minimum absolute atomic E-state index is 0.0216. The number of carbonyl (C=O) groups excluding carboxylic acids is 3. The number of hydrogen-bond donors (Lipinski definition) is 1. The number of ether oxygens (including phenoxy) is 1. The summed E-state index contributed by atoms with van der Waals surface area (Å²) in [6.45, 7) is 3.11. The van der Waals surface area contributed by atoms with E-state index in [4.69, 9.17) is 4.74 Å². The third-order valence-electron chi connectivity index (χ3n) is 4.14. The van der Waals surface area contributed by atoms with Crippen LogP contribution in [0.25, 0.3) is 0 Å². The Labute approximate surface area is 146 Å². The SMILES string of the molecule is CCOC(=O)CCC(=O)N1CCC(NC(=O)c2ccc(F)cc2)CC1. The lowest BCUT2D eigenvalue weighted by molar-refractivity contribution is -0.145. The first-order valence-corrected chi connectivity index (χ1v) is 8.49. The summed E-state index contributed by atoms with van der Waals surface area (Å²) in [5.41, 5.74) is 0.411. The average molecular weight is 350 g/mol. The van der Waals surface area contributed by atoms with Gasteiger partial charge in [0, 0.05) is 31.1 Å². The Balaban J connectivity index is 1.73. The lowest BCUT2D eigenvalue weighted by Crippen LogP contribution is -2.46. The van der Waals surface area contributed by atoms with E-state index in [-0.39, 0.29) is 42.5 Å². The molecule has 0 spiro atoms.